The summed E-state index contributed by atoms with van der Waals surface area (Å²) in [5, 5.41) is 13.8. The van der Waals surface area contributed by atoms with Crippen LogP contribution in [0.5, 0.6) is 0 Å². The molecule has 0 spiro atoms. The Morgan fingerprint density at radius 1 is 0.698 bits per heavy atom. The second-order valence-corrected chi connectivity index (χ2v) is 15.1. The van der Waals surface area contributed by atoms with Crippen molar-refractivity contribution in [2.45, 2.75) is 174 Å². The number of quaternary nitrogens is 1. The first-order valence-corrected chi connectivity index (χ1v) is 19.4. The molecule has 3 atom stereocenters. The van der Waals surface area contributed by atoms with Crippen LogP contribution in [-0.2, 0) is 18.4 Å². The van der Waals surface area contributed by atoms with Crippen molar-refractivity contribution in [3.05, 3.63) is 0 Å². The molecule has 1 amide bonds. The molecule has 0 heterocycles. The Morgan fingerprint density at radius 2 is 1.12 bits per heavy atom. The summed E-state index contributed by atoms with van der Waals surface area (Å²) in [6.45, 7) is 4.81. The van der Waals surface area contributed by atoms with Gasteiger partial charge in [0.05, 0.1) is 39.9 Å². The molecular formula is C34H72N2O6P+. The maximum absolute atomic E-state index is 12.6. The molecule has 0 aromatic heterocycles. The normalized spacial score (nSPS) is 14.9. The van der Waals surface area contributed by atoms with E-state index < -0.39 is 20.0 Å². The van der Waals surface area contributed by atoms with Gasteiger partial charge in [0, 0.05) is 6.42 Å². The number of carbonyl (C=O) groups is 1. The van der Waals surface area contributed by atoms with Gasteiger partial charge in [0.25, 0.3) is 0 Å². The molecule has 0 saturated heterocycles. The van der Waals surface area contributed by atoms with Crippen LogP contribution >= 0.6 is 7.82 Å². The van der Waals surface area contributed by atoms with Crippen molar-refractivity contribution in [2.75, 3.05) is 40.9 Å². The predicted octanol–water partition coefficient (Wildman–Crippen LogP) is 8.68. The van der Waals surface area contributed by atoms with E-state index in [1.54, 1.807) is 0 Å². The Kier molecular flexibility index (Phi) is 27.5. The minimum absolute atomic E-state index is 0.0774. The van der Waals surface area contributed by atoms with E-state index in [0.717, 1.165) is 38.5 Å². The fraction of sp³-hybridized carbons (Fsp3) is 0.971. The average Bonchev–Trinajstić information content (AvgIpc) is 2.94. The molecule has 9 heteroatoms. The molecule has 8 nitrogen and oxygen atoms in total. The monoisotopic (exact) mass is 636 g/mol. The van der Waals surface area contributed by atoms with Crippen LogP contribution in [-0.4, -0.2) is 73.4 Å². The molecule has 0 radical (unpaired) electrons. The second kappa shape index (κ2) is 27.8. The molecule has 3 unspecified atom stereocenters. The summed E-state index contributed by atoms with van der Waals surface area (Å²) in [6, 6.07) is -0.748. The number of amides is 1. The number of nitrogens with one attached hydrogen (secondary N) is 1. The lowest BCUT2D eigenvalue weighted by atomic mass is 10.0. The number of rotatable bonds is 32. The molecular weight excluding hydrogens is 563 g/mol. The summed E-state index contributed by atoms with van der Waals surface area (Å²) in [5.41, 5.74) is 0. The number of aliphatic hydroxyl groups is 1. The van der Waals surface area contributed by atoms with Crippen molar-refractivity contribution in [2.24, 2.45) is 0 Å². The summed E-state index contributed by atoms with van der Waals surface area (Å²) < 4.78 is 23.4. The summed E-state index contributed by atoms with van der Waals surface area (Å²) in [7, 11) is 1.62. The summed E-state index contributed by atoms with van der Waals surface area (Å²) in [5.74, 6) is -0.154. The molecule has 0 aliphatic rings. The Bertz CT molecular complexity index is 688. The highest BCUT2D eigenvalue weighted by Crippen LogP contribution is 2.43. The molecule has 0 bridgehead atoms. The van der Waals surface area contributed by atoms with Crippen molar-refractivity contribution < 1.29 is 32.9 Å². The zero-order valence-electron chi connectivity index (χ0n) is 29.0. The topological polar surface area (TPSA) is 105 Å². The Labute approximate surface area is 266 Å². The quantitative estimate of drug-likeness (QED) is 0.0388. The van der Waals surface area contributed by atoms with Gasteiger partial charge in [-0.05, 0) is 12.8 Å². The van der Waals surface area contributed by atoms with Crippen LogP contribution in [0.4, 0.5) is 0 Å². The van der Waals surface area contributed by atoms with Gasteiger partial charge in [-0.1, -0.05) is 142 Å². The van der Waals surface area contributed by atoms with Gasteiger partial charge >= 0.3 is 7.82 Å². The van der Waals surface area contributed by atoms with E-state index in [1.165, 1.54) is 96.3 Å². The SMILES string of the molecule is CCCCCCCCCCCCCCCCCC(O)C(COP(=O)(O)OCC[N+](C)(C)C)NC(=O)CCCCCCCC. The third-order valence-corrected chi connectivity index (χ3v) is 9.09. The highest BCUT2D eigenvalue weighted by Gasteiger charge is 2.28. The number of likely N-dealkylation sites (N-methyl/N-ethyl adjacent to an activating group) is 1. The second-order valence-electron chi connectivity index (χ2n) is 13.6. The van der Waals surface area contributed by atoms with Crippen LogP contribution in [0.3, 0.4) is 0 Å². The molecule has 3 N–H and O–H groups in total. The molecule has 0 aliphatic carbocycles. The molecule has 0 aromatic rings. The molecule has 0 rings (SSSR count). The summed E-state index contributed by atoms with van der Waals surface area (Å²) in [4.78, 5) is 22.8. The van der Waals surface area contributed by atoms with Crippen LogP contribution in [0.2, 0.25) is 0 Å². The number of hydrogen-bond acceptors (Lipinski definition) is 5. The van der Waals surface area contributed by atoms with Gasteiger partial charge in [0.1, 0.15) is 13.2 Å². The van der Waals surface area contributed by atoms with Crippen LogP contribution in [0, 0.1) is 0 Å². The van der Waals surface area contributed by atoms with Gasteiger partial charge in [-0.15, -0.1) is 0 Å². The fourth-order valence-electron chi connectivity index (χ4n) is 5.16. The summed E-state index contributed by atoms with van der Waals surface area (Å²) in [6.07, 6.45) is 25.7. The van der Waals surface area contributed by atoms with Gasteiger partial charge in [-0.2, -0.15) is 0 Å². The lowest BCUT2D eigenvalue weighted by Gasteiger charge is -2.26. The maximum atomic E-state index is 12.6. The van der Waals surface area contributed by atoms with Gasteiger partial charge < -0.3 is 19.8 Å². The number of unbranched alkanes of at least 4 members (excludes halogenated alkanes) is 19. The Balaban J connectivity index is 4.37. The lowest BCUT2D eigenvalue weighted by molar-refractivity contribution is -0.870. The first kappa shape index (κ1) is 42.5. The van der Waals surface area contributed by atoms with E-state index in [9.17, 15) is 19.4 Å². The standard InChI is InChI=1S/C34H71N2O6P/c1-6-8-10-12-14-15-16-17-18-19-20-21-22-23-25-27-33(37)32(35-34(38)28-26-24-13-11-9-7-2)31-42-43(39,40)41-30-29-36(3,4)5/h32-33,37H,6-31H2,1-5H3,(H-,35,38,39,40)/p+1. The van der Waals surface area contributed by atoms with Crippen molar-refractivity contribution in [3.63, 3.8) is 0 Å². The molecule has 0 saturated carbocycles. The lowest BCUT2D eigenvalue weighted by Crippen LogP contribution is -2.46. The van der Waals surface area contributed by atoms with E-state index in [-0.39, 0.29) is 19.1 Å². The van der Waals surface area contributed by atoms with E-state index in [4.69, 9.17) is 9.05 Å². The zero-order chi connectivity index (χ0) is 32.2. The minimum atomic E-state index is -4.29. The number of phosphoric ester groups is 1. The van der Waals surface area contributed by atoms with Gasteiger partial charge in [-0.3, -0.25) is 13.8 Å². The third-order valence-electron chi connectivity index (χ3n) is 8.11. The predicted molar refractivity (Wildman–Crippen MR) is 180 cm³/mol. The van der Waals surface area contributed by atoms with Crippen molar-refractivity contribution >= 4 is 13.7 Å². The van der Waals surface area contributed by atoms with Crippen molar-refractivity contribution in [1.29, 1.82) is 0 Å². The Morgan fingerprint density at radius 3 is 1.56 bits per heavy atom. The largest absolute Gasteiger partial charge is 0.472 e. The first-order valence-electron chi connectivity index (χ1n) is 17.9. The third kappa shape index (κ3) is 29.9. The molecule has 43 heavy (non-hydrogen) atoms. The summed E-state index contributed by atoms with van der Waals surface area (Å²) >= 11 is 0. The number of aliphatic hydroxyl groups excluding tert-OH is 1. The maximum Gasteiger partial charge on any atom is 0.472 e. The van der Waals surface area contributed by atoms with Gasteiger partial charge in [0.2, 0.25) is 5.91 Å². The number of phosphoric acid groups is 1. The van der Waals surface area contributed by atoms with Gasteiger partial charge in [-0.25, -0.2) is 4.57 Å². The van der Waals surface area contributed by atoms with E-state index in [0.29, 0.717) is 23.9 Å². The Hall–Kier alpha value is -0.500. The molecule has 0 aromatic carbocycles. The number of hydrogen-bond donors (Lipinski definition) is 3. The van der Waals surface area contributed by atoms with Crippen LogP contribution in [0.25, 0.3) is 0 Å². The van der Waals surface area contributed by atoms with Gasteiger partial charge in [0.15, 0.2) is 0 Å². The van der Waals surface area contributed by atoms with Crippen molar-refractivity contribution in [1.82, 2.24) is 5.32 Å². The van der Waals surface area contributed by atoms with E-state index in [2.05, 4.69) is 19.2 Å². The average molecular weight is 636 g/mol. The van der Waals surface area contributed by atoms with E-state index >= 15 is 0 Å². The van der Waals surface area contributed by atoms with Crippen LogP contribution < -0.4 is 5.32 Å². The number of nitrogens with zero attached hydrogens (tertiary/aromatic N) is 1. The first-order chi connectivity index (χ1) is 20.5. The highest BCUT2D eigenvalue weighted by molar-refractivity contribution is 7.47. The molecule has 0 fully saturated rings. The minimum Gasteiger partial charge on any atom is -0.391 e. The fourth-order valence-corrected chi connectivity index (χ4v) is 5.90. The number of carbonyl (C=O) groups excluding carboxylic acids is 1. The smallest absolute Gasteiger partial charge is 0.391 e. The van der Waals surface area contributed by atoms with E-state index in [1.807, 2.05) is 21.1 Å². The molecule has 258 valence electrons. The van der Waals surface area contributed by atoms with Crippen LogP contribution in [0.1, 0.15) is 162 Å². The highest BCUT2D eigenvalue weighted by atomic mass is 31.2. The molecule has 0 aliphatic heterocycles. The van der Waals surface area contributed by atoms with Crippen molar-refractivity contribution in [3.8, 4) is 0 Å². The van der Waals surface area contributed by atoms with Crippen LogP contribution in [0.15, 0.2) is 0 Å². The zero-order valence-corrected chi connectivity index (χ0v) is 29.9.